The first-order chi connectivity index (χ1) is 53.0. The highest BCUT2D eigenvalue weighted by atomic mass is 16.8. The van der Waals surface area contributed by atoms with E-state index in [0.717, 1.165) is 27.7 Å². The first-order valence-corrected chi connectivity index (χ1v) is 35.6. The number of amides is 4. The summed E-state index contributed by atoms with van der Waals surface area (Å²) in [4.78, 5) is 52.2. The third-order valence-corrected chi connectivity index (χ3v) is 20.4. The molecule has 0 unspecified atom stereocenters. The number of hydrogen-bond donors (Lipinski definition) is 29. The van der Waals surface area contributed by atoms with Crippen LogP contribution in [-0.4, -0.2) is 487 Å². The maximum atomic E-state index is 13.4. The highest BCUT2D eigenvalue weighted by molar-refractivity contribution is 5.74. The van der Waals surface area contributed by atoms with E-state index in [1.165, 1.54) is 0 Å². The largest absolute Gasteiger partial charge is 0.394 e. The van der Waals surface area contributed by atoms with Crippen LogP contribution in [0.2, 0.25) is 0 Å². The lowest BCUT2D eigenvalue weighted by Gasteiger charge is -2.51. The molecular weight excluding hydrogens is 1540 g/mol. The zero-order valence-electron chi connectivity index (χ0n) is 60.1. The molecule has 4 amide bonds. The van der Waals surface area contributed by atoms with Crippen molar-refractivity contribution in [1.29, 1.82) is 0 Å². The van der Waals surface area contributed by atoms with E-state index in [0.29, 0.717) is 0 Å². The fourth-order valence-electron chi connectivity index (χ4n) is 14.5. The predicted octanol–water partition coefficient (Wildman–Crippen LogP) is -20.1. The molecule has 0 aliphatic carbocycles. The molecule has 9 rings (SSSR count). The van der Waals surface area contributed by atoms with Crippen LogP contribution < -0.4 is 21.3 Å². The molecule has 9 saturated heterocycles. The van der Waals surface area contributed by atoms with Crippen molar-refractivity contribution < 1.29 is 227 Å². The van der Waals surface area contributed by atoms with Crippen LogP contribution in [-0.2, 0) is 99.7 Å². The van der Waals surface area contributed by atoms with Gasteiger partial charge in [0.15, 0.2) is 56.6 Å². The molecule has 0 bridgehead atoms. The number of carbonyl (C=O) groups is 4. The summed E-state index contributed by atoms with van der Waals surface area (Å²) in [6.45, 7) is -6.07. The predicted molar refractivity (Wildman–Crippen MR) is 343 cm³/mol. The van der Waals surface area contributed by atoms with Gasteiger partial charge in [0.25, 0.3) is 0 Å². The molecule has 648 valence electrons. The molecule has 9 aliphatic rings. The Kier molecular flexibility index (Phi) is 33.1. The summed E-state index contributed by atoms with van der Waals surface area (Å²) in [7, 11) is 0. The molecule has 50 heteroatoms. The van der Waals surface area contributed by atoms with Crippen molar-refractivity contribution in [2.75, 3.05) is 59.5 Å². The zero-order chi connectivity index (χ0) is 82.5. The molecule has 0 radical (unpaired) electrons. The average molecular weight is 1640 g/mol. The van der Waals surface area contributed by atoms with Crippen molar-refractivity contribution in [1.82, 2.24) is 21.3 Å². The highest BCUT2D eigenvalue weighted by Gasteiger charge is 2.61. The minimum atomic E-state index is -2.60. The summed E-state index contributed by atoms with van der Waals surface area (Å²) >= 11 is 0. The first-order valence-electron chi connectivity index (χ1n) is 35.6. The maximum Gasteiger partial charge on any atom is 0.217 e. The summed E-state index contributed by atoms with van der Waals surface area (Å²) in [5.74, 6) is -3.81. The standard InChI is InChI=1S/C62H104N4O46/c1-14(75)63-27-39(87)31(79)18(5-67)99-56(27)110-51-36(84)24(11-73)104-61(45(51)93)108-49-29(65-16(3)77)58(101-21(8-70)34(49)82)112-53-38(86)26(13-96-55-28(64-15(2)76)48(33(81)20(7-69)98-55)107-59-43(91)40(88)32(80)19(6-68)102-59)105-62(46(53)94)109-50-30(66-17(4)78)57(100-22(9-71)35(50)83)111-52-37(85)23(10-72)103-60(44(52)92)106-47-25(12-74)97-54(95)42(90)41(47)89/h18-62,67-74,79-95H,5-13H2,1-4H3,(H,63,75)(H,64,76)(H,65,77)(H,66,78)/t18-,19-,20-,21-,22-,23-,24-,25-,26-,27-,28-,29-,30-,31+,32+,33-,34-,35-,36+,37+,38+,39-,40+,41-,42-,43-,44-,45-,46-,47-,48-,49-,50-,51+,52+,53+,54-,55-,56-,57+,58+,59+,60+,61+,62+/m1/s1. The summed E-state index contributed by atoms with van der Waals surface area (Å²) in [5.41, 5.74) is 0. The van der Waals surface area contributed by atoms with Gasteiger partial charge in [-0.05, 0) is 0 Å². The summed E-state index contributed by atoms with van der Waals surface area (Å²) in [6, 6.07) is -7.68. The molecule has 9 heterocycles. The van der Waals surface area contributed by atoms with Crippen molar-refractivity contribution in [2.24, 2.45) is 0 Å². The minimum absolute atomic E-state index is 0.829. The summed E-state index contributed by atoms with van der Waals surface area (Å²) in [5, 5.41) is 286. The Balaban J connectivity index is 1.07. The molecule has 112 heavy (non-hydrogen) atoms. The average Bonchev–Trinajstić information content (AvgIpc) is 0.757. The lowest BCUT2D eigenvalue weighted by atomic mass is 9.93. The van der Waals surface area contributed by atoms with Crippen LogP contribution in [0.25, 0.3) is 0 Å². The first kappa shape index (κ1) is 92.1. The quantitative estimate of drug-likeness (QED) is 0.0331. The van der Waals surface area contributed by atoms with Gasteiger partial charge < -0.3 is 229 Å². The molecule has 0 aromatic heterocycles. The minimum Gasteiger partial charge on any atom is -0.394 e. The second-order valence-electron chi connectivity index (χ2n) is 28.2. The van der Waals surface area contributed by atoms with Crippen LogP contribution in [0.15, 0.2) is 0 Å². The smallest absolute Gasteiger partial charge is 0.217 e. The van der Waals surface area contributed by atoms with Crippen molar-refractivity contribution in [2.45, 2.75) is 304 Å². The lowest BCUT2D eigenvalue weighted by Crippen LogP contribution is -2.71. The molecule has 9 fully saturated rings. The molecule has 0 aromatic carbocycles. The van der Waals surface area contributed by atoms with Gasteiger partial charge in [-0.1, -0.05) is 0 Å². The number of hydrogen-bond acceptors (Lipinski definition) is 46. The Morgan fingerprint density at radius 3 is 0.830 bits per heavy atom. The number of carbonyl (C=O) groups excluding carboxylic acids is 4. The van der Waals surface area contributed by atoms with Crippen LogP contribution in [0.3, 0.4) is 0 Å². The van der Waals surface area contributed by atoms with Gasteiger partial charge in [-0.15, -0.1) is 0 Å². The van der Waals surface area contributed by atoms with Crippen molar-refractivity contribution >= 4 is 23.6 Å². The number of aliphatic hydroxyl groups excluding tert-OH is 25. The van der Waals surface area contributed by atoms with E-state index in [1.54, 1.807) is 0 Å². The molecular formula is C62H104N4O46. The SMILES string of the molecule is CC(=O)N[C@H]1[C@@H](O[C@H]2[C@@H](O)[C@@H](CO)O[C@@H](O[C@H]3[C@H](O)[C@@H](CO)O[C@@H](O[C@H]4[C@@H](O)[C@@H](CO[C@@H]5O[C@H](CO)[C@@H](O)[C@H](O[C@@H]6O[C@H](CO)[C@H](O)[C@H](O)[C@H]6O)[C@H]5NC(C)=O)O[C@@H](O[C@H]5[C@H](O)[C@@H](CO)O[C@@H](O[C@H]6[C@@H](O)[C@@H](CO)O[C@@H](O[C@H]7[C@H](O)[C@@H](O)[C@H](O)O[C@@H]7CO)[C@@H]6O)[C@@H]5NC(C)=O)[C@@H]4O)[C@@H]3NC(C)=O)[C@@H]2O)O[C@H](CO)[C@H](O)[C@@H]1O. The van der Waals surface area contributed by atoms with Crippen LogP contribution in [0.5, 0.6) is 0 Å². The van der Waals surface area contributed by atoms with Crippen molar-refractivity contribution in [3.63, 3.8) is 0 Å². The number of aliphatic hydroxyl groups is 25. The van der Waals surface area contributed by atoms with Crippen LogP contribution >= 0.6 is 0 Å². The van der Waals surface area contributed by atoms with E-state index >= 15 is 0 Å². The van der Waals surface area contributed by atoms with Crippen LogP contribution in [0, 0.1) is 0 Å². The lowest BCUT2D eigenvalue weighted by molar-refractivity contribution is -0.389. The van der Waals surface area contributed by atoms with Gasteiger partial charge in [0, 0.05) is 27.7 Å². The molecule has 50 nitrogen and oxygen atoms in total. The van der Waals surface area contributed by atoms with E-state index in [1.807, 2.05) is 0 Å². The van der Waals surface area contributed by atoms with Gasteiger partial charge in [-0.2, -0.15) is 0 Å². The molecule has 0 spiro atoms. The number of nitrogens with one attached hydrogen (secondary N) is 4. The number of ether oxygens (including phenoxy) is 17. The monoisotopic (exact) mass is 1640 g/mol. The topological polar surface area (TPSA) is 779 Å². The van der Waals surface area contributed by atoms with Gasteiger partial charge in [0.1, 0.15) is 219 Å². The Morgan fingerprint density at radius 1 is 0.232 bits per heavy atom. The number of rotatable bonds is 29. The fraction of sp³-hybridized carbons (Fsp3) is 0.935. The molecule has 29 N–H and O–H groups in total. The van der Waals surface area contributed by atoms with Gasteiger partial charge in [-0.3, -0.25) is 19.2 Å². The van der Waals surface area contributed by atoms with E-state index in [2.05, 4.69) is 21.3 Å². The molecule has 0 aromatic rings. The Morgan fingerprint density at radius 2 is 0.482 bits per heavy atom. The summed E-state index contributed by atoms with van der Waals surface area (Å²) in [6.07, 6.45) is -85.5. The Bertz CT molecular complexity index is 2970. The second-order valence-corrected chi connectivity index (χ2v) is 28.2. The second kappa shape index (κ2) is 40.3. The maximum absolute atomic E-state index is 13.4. The Hall–Kier alpha value is -3.80. The highest BCUT2D eigenvalue weighted by Crippen LogP contribution is 2.40. The zero-order valence-corrected chi connectivity index (χ0v) is 60.1. The van der Waals surface area contributed by atoms with Crippen LogP contribution in [0.1, 0.15) is 27.7 Å². The van der Waals surface area contributed by atoms with Gasteiger partial charge in [0.05, 0.1) is 59.5 Å². The van der Waals surface area contributed by atoms with Crippen molar-refractivity contribution in [3.05, 3.63) is 0 Å². The normalized spacial score (nSPS) is 48.9. The van der Waals surface area contributed by atoms with Crippen molar-refractivity contribution in [3.8, 4) is 0 Å². The third kappa shape index (κ3) is 20.2. The van der Waals surface area contributed by atoms with Gasteiger partial charge in [0.2, 0.25) is 23.6 Å². The van der Waals surface area contributed by atoms with Crippen LogP contribution in [0.4, 0.5) is 0 Å². The van der Waals surface area contributed by atoms with E-state index in [9.17, 15) is 147 Å². The summed E-state index contributed by atoms with van der Waals surface area (Å²) < 4.78 is 100. The van der Waals surface area contributed by atoms with E-state index in [4.69, 9.17) is 80.5 Å². The third-order valence-electron chi connectivity index (χ3n) is 20.4. The fourth-order valence-corrected chi connectivity index (χ4v) is 14.5. The molecule has 9 aliphatic heterocycles. The van der Waals surface area contributed by atoms with Gasteiger partial charge >= 0.3 is 0 Å². The molecule has 0 saturated carbocycles. The molecule has 45 atom stereocenters. The van der Waals surface area contributed by atoms with E-state index in [-0.39, 0.29) is 0 Å². The van der Waals surface area contributed by atoms with Gasteiger partial charge in [-0.25, -0.2) is 0 Å². The van der Waals surface area contributed by atoms with E-state index < -0.39 is 359 Å². The Labute approximate surface area is 634 Å².